The zero-order valence-corrected chi connectivity index (χ0v) is 15.6. The molecule has 1 aliphatic carbocycles. The third-order valence-electron chi connectivity index (χ3n) is 4.39. The van der Waals surface area contributed by atoms with Crippen LogP contribution in [0.25, 0.3) is 0 Å². The highest BCUT2D eigenvalue weighted by atomic mass is 35.5. The minimum Gasteiger partial charge on any atom is -0.492 e. The summed E-state index contributed by atoms with van der Waals surface area (Å²) >= 11 is 6.15. The second-order valence-corrected chi connectivity index (χ2v) is 8.48. The molecule has 4 nitrogen and oxygen atoms in total. The Kier molecular flexibility index (Phi) is 6.34. The molecule has 1 saturated carbocycles. The van der Waals surface area contributed by atoms with Gasteiger partial charge in [-0.15, -0.1) is 0 Å². The van der Waals surface area contributed by atoms with Crippen molar-refractivity contribution in [3.8, 4) is 5.75 Å². The highest BCUT2D eigenvalue weighted by Crippen LogP contribution is 2.32. The summed E-state index contributed by atoms with van der Waals surface area (Å²) in [6.45, 7) is 6.40. The maximum atomic E-state index is 12.8. The summed E-state index contributed by atoms with van der Waals surface area (Å²) in [7, 11) is -3.65. The molecule has 1 aromatic rings. The Hall–Kier alpha value is -0.780. The van der Waals surface area contributed by atoms with Gasteiger partial charge in [-0.25, -0.2) is 13.1 Å². The third-order valence-corrected chi connectivity index (χ3v) is 6.31. The number of aryl methyl sites for hydroxylation is 1. The maximum Gasteiger partial charge on any atom is 0.244 e. The minimum absolute atomic E-state index is 0.0205. The van der Waals surface area contributed by atoms with Gasteiger partial charge in [0, 0.05) is 11.1 Å². The molecule has 0 aromatic heterocycles. The van der Waals surface area contributed by atoms with Crippen LogP contribution >= 0.6 is 11.6 Å². The fourth-order valence-corrected chi connectivity index (χ4v) is 4.69. The summed E-state index contributed by atoms with van der Waals surface area (Å²) < 4.78 is 34.2. The molecule has 0 aliphatic heterocycles. The Morgan fingerprint density at radius 2 is 2.00 bits per heavy atom. The van der Waals surface area contributed by atoms with Crippen molar-refractivity contribution in [3.05, 3.63) is 22.7 Å². The van der Waals surface area contributed by atoms with Gasteiger partial charge in [0.05, 0.1) is 6.61 Å². The number of hydrogen-bond acceptors (Lipinski definition) is 3. The van der Waals surface area contributed by atoms with Crippen molar-refractivity contribution in [2.24, 2.45) is 5.92 Å². The zero-order chi connectivity index (χ0) is 17.0. The molecule has 0 spiro atoms. The Balaban J connectivity index is 2.31. The fraction of sp³-hybridized carbons (Fsp3) is 0.647. The fourth-order valence-electron chi connectivity index (χ4n) is 2.93. The molecule has 0 unspecified atom stereocenters. The normalized spacial score (nSPS) is 22.1. The van der Waals surface area contributed by atoms with Gasteiger partial charge in [-0.2, -0.15) is 0 Å². The first kappa shape index (κ1) is 18.6. The first-order valence-corrected chi connectivity index (χ1v) is 10.2. The summed E-state index contributed by atoms with van der Waals surface area (Å²) in [4.78, 5) is 0.138. The monoisotopic (exact) mass is 359 g/mol. The van der Waals surface area contributed by atoms with E-state index in [2.05, 4.69) is 11.6 Å². The highest BCUT2D eigenvalue weighted by Gasteiger charge is 2.29. The van der Waals surface area contributed by atoms with E-state index in [9.17, 15) is 8.42 Å². The predicted molar refractivity (Wildman–Crippen MR) is 93.7 cm³/mol. The Labute approximate surface area is 144 Å². The number of benzene rings is 1. The summed E-state index contributed by atoms with van der Waals surface area (Å²) in [6, 6.07) is 3.18. The van der Waals surface area contributed by atoms with Gasteiger partial charge >= 0.3 is 0 Å². The van der Waals surface area contributed by atoms with Gasteiger partial charge in [0.2, 0.25) is 10.0 Å². The van der Waals surface area contributed by atoms with Crippen molar-refractivity contribution in [2.45, 2.75) is 63.8 Å². The molecule has 1 aromatic carbocycles. The molecule has 0 bridgehead atoms. The Morgan fingerprint density at radius 1 is 1.30 bits per heavy atom. The van der Waals surface area contributed by atoms with Gasteiger partial charge in [0.1, 0.15) is 10.6 Å². The lowest BCUT2D eigenvalue weighted by atomic mass is 9.87. The largest absolute Gasteiger partial charge is 0.492 e. The van der Waals surface area contributed by atoms with Crippen LogP contribution in [0.2, 0.25) is 5.02 Å². The van der Waals surface area contributed by atoms with Crippen LogP contribution in [0, 0.1) is 12.8 Å². The van der Waals surface area contributed by atoms with Crippen LogP contribution in [-0.2, 0) is 10.0 Å². The third kappa shape index (κ3) is 4.61. The van der Waals surface area contributed by atoms with Crippen LogP contribution < -0.4 is 9.46 Å². The topological polar surface area (TPSA) is 55.4 Å². The molecule has 6 heteroatoms. The quantitative estimate of drug-likeness (QED) is 0.824. The number of ether oxygens (including phenoxy) is 1. The van der Waals surface area contributed by atoms with Crippen LogP contribution in [0.4, 0.5) is 0 Å². The Morgan fingerprint density at radius 3 is 2.65 bits per heavy atom. The van der Waals surface area contributed by atoms with Crippen molar-refractivity contribution < 1.29 is 13.2 Å². The van der Waals surface area contributed by atoms with Gasteiger partial charge in [0.15, 0.2) is 0 Å². The molecule has 1 fully saturated rings. The second-order valence-electron chi connectivity index (χ2n) is 6.39. The zero-order valence-electron chi connectivity index (χ0n) is 14.1. The van der Waals surface area contributed by atoms with Gasteiger partial charge in [-0.1, -0.05) is 38.3 Å². The first-order valence-electron chi connectivity index (χ1n) is 8.30. The van der Waals surface area contributed by atoms with Gasteiger partial charge < -0.3 is 4.74 Å². The molecular formula is C17H26ClNO3S. The molecular weight excluding hydrogens is 334 g/mol. The summed E-state index contributed by atoms with van der Waals surface area (Å²) in [5.41, 5.74) is 0.808. The summed E-state index contributed by atoms with van der Waals surface area (Å²) in [5.74, 6) is 0.726. The highest BCUT2D eigenvalue weighted by molar-refractivity contribution is 7.89. The van der Waals surface area contributed by atoms with Gasteiger partial charge in [-0.3, -0.25) is 0 Å². The number of nitrogens with one attached hydrogen (secondary N) is 1. The van der Waals surface area contributed by atoms with Crippen LogP contribution in [-0.4, -0.2) is 21.1 Å². The SMILES string of the molecule is CCCOc1cc(C)c(Cl)cc1S(=O)(=O)N[C@@H]1CCCC[C@H]1C. The van der Waals surface area contributed by atoms with Crippen molar-refractivity contribution >= 4 is 21.6 Å². The lowest BCUT2D eigenvalue weighted by molar-refractivity contribution is 0.303. The molecule has 1 N–H and O–H groups in total. The Bertz CT molecular complexity index is 645. The van der Waals surface area contributed by atoms with E-state index in [4.69, 9.17) is 16.3 Å². The van der Waals surface area contributed by atoms with Crippen molar-refractivity contribution in [1.82, 2.24) is 4.72 Å². The van der Waals surface area contributed by atoms with E-state index in [-0.39, 0.29) is 10.9 Å². The lowest BCUT2D eigenvalue weighted by Gasteiger charge is -2.29. The van der Waals surface area contributed by atoms with Crippen molar-refractivity contribution in [2.75, 3.05) is 6.61 Å². The first-order chi connectivity index (χ1) is 10.8. The lowest BCUT2D eigenvalue weighted by Crippen LogP contribution is -2.41. The smallest absolute Gasteiger partial charge is 0.244 e. The van der Waals surface area contributed by atoms with E-state index in [1.807, 2.05) is 13.8 Å². The van der Waals surface area contributed by atoms with Crippen LogP contribution in [0.15, 0.2) is 17.0 Å². The molecule has 0 radical (unpaired) electrons. The number of halogens is 1. The average molecular weight is 360 g/mol. The standard InChI is InChI=1S/C17H26ClNO3S/c1-4-9-22-16-10-13(3)14(18)11-17(16)23(20,21)19-15-8-6-5-7-12(15)2/h10-12,15,19H,4-9H2,1-3H3/t12-,15-/m1/s1. The van der Waals surface area contributed by atoms with Crippen LogP contribution in [0.3, 0.4) is 0 Å². The van der Waals surface area contributed by atoms with E-state index in [1.54, 1.807) is 6.07 Å². The minimum atomic E-state index is -3.65. The maximum absolute atomic E-state index is 12.8. The van der Waals surface area contributed by atoms with E-state index in [1.165, 1.54) is 12.5 Å². The second kappa shape index (κ2) is 7.86. The molecule has 2 atom stereocenters. The van der Waals surface area contributed by atoms with Gasteiger partial charge in [0.25, 0.3) is 0 Å². The van der Waals surface area contributed by atoms with Crippen LogP contribution in [0.5, 0.6) is 5.75 Å². The molecule has 1 aliphatic rings. The summed E-state index contributed by atoms with van der Waals surface area (Å²) in [6.07, 6.45) is 4.98. The molecule has 23 heavy (non-hydrogen) atoms. The number of hydrogen-bond donors (Lipinski definition) is 1. The number of sulfonamides is 1. The van der Waals surface area contributed by atoms with E-state index in [0.29, 0.717) is 23.3 Å². The van der Waals surface area contributed by atoms with Crippen LogP contribution in [0.1, 0.15) is 51.5 Å². The predicted octanol–water partition coefficient (Wildman–Crippen LogP) is 4.29. The molecule has 0 amide bonds. The van der Waals surface area contributed by atoms with Gasteiger partial charge in [-0.05, 0) is 49.8 Å². The molecule has 0 saturated heterocycles. The molecule has 0 heterocycles. The average Bonchev–Trinajstić information content (AvgIpc) is 2.50. The van der Waals surface area contributed by atoms with E-state index in [0.717, 1.165) is 31.2 Å². The molecule has 2 rings (SSSR count). The van der Waals surface area contributed by atoms with E-state index >= 15 is 0 Å². The van der Waals surface area contributed by atoms with Crippen molar-refractivity contribution in [3.63, 3.8) is 0 Å². The van der Waals surface area contributed by atoms with Crippen molar-refractivity contribution in [1.29, 1.82) is 0 Å². The number of rotatable bonds is 6. The molecule has 130 valence electrons. The summed E-state index contributed by atoms with van der Waals surface area (Å²) in [5, 5.41) is 0.436. The van der Waals surface area contributed by atoms with E-state index < -0.39 is 10.0 Å².